The fourth-order valence-electron chi connectivity index (χ4n) is 2.01. The fraction of sp³-hybridized carbons (Fsp3) is 0.235. The van der Waals surface area contributed by atoms with E-state index in [2.05, 4.69) is 17.4 Å². The second-order valence-corrected chi connectivity index (χ2v) is 4.99. The molecule has 2 aromatic carbocycles. The molecule has 0 saturated carbocycles. The predicted molar refractivity (Wildman–Crippen MR) is 85.5 cm³/mol. The quantitative estimate of drug-likeness (QED) is 0.829. The highest BCUT2D eigenvalue weighted by Gasteiger charge is 2.06. The molecule has 3 N–H and O–H groups in total. The number of nitrogens with two attached hydrogens (primary N) is 1. The highest BCUT2D eigenvalue weighted by Crippen LogP contribution is 2.24. The molecule has 4 nitrogen and oxygen atoms in total. The molecule has 110 valence electrons. The monoisotopic (exact) mass is 284 g/mol. The Labute approximate surface area is 124 Å². The molecule has 0 heterocycles. The van der Waals surface area contributed by atoms with E-state index in [4.69, 9.17) is 10.5 Å². The van der Waals surface area contributed by atoms with Gasteiger partial charge >= 0.3 is 0 Å². The number of carbonyl (C=O) groups is 1. The lowest BCUT2D eigenvalue weighted by Gasteiger charge is -2.09. The normalized spacial score (nSPS) is 10.2. The van der Waals surface area contributed by atoms with Crippen molar-refractivity contribution in [2.45, 2.75) is 19.8 Å². The minimum Gasteiger partial charge on any atom is -0.497 e. The lowest BCUT2D eigenvalue weighted by molar-refractivity contribution is -0.116. The molecule has 2 aromatic rings. The van der Waals surface area contributed by atoms with Crippen LogP contribution in [0.4, 0.5) is 11.4 Å². The van der Waals surface area contributed by atoms with Crippen LogP contribution in [-0.4, -0.2) is 13.0 Å². The Kier molecular flexibility index (Phi) is 4.82. The van der Waals surface area contributed by atoms with Gasteiger partial charge in [0, 0.05) is 12.5 Å². The Balaban J connectivity index is 1.91. The molecule has 0 radical (unpaired) electrons. The van der Waals surface area contributed by atoms with Gasteiger partial charge in [-0.1, -0.05) is 29.8 Å². The lowest BCUT2D eigenvalue weighted by Crippen LogP contribution is -2.13. The molecule has 1 amide bonds. The Bertz CT molecular complexity index is 621. The van der Waals surface area contributed by atoms with Crippen molar-refractivity contribution >= 4 is 17.3 Å². The maximum absolute atomic E-state index is 12.0. The molecule has 21 heavy (non-hydrogen) atoms. The molecule has 0 aliphatic heterocycles. The van der Waals surface area contributed by atoms with E-state index in [1.54, 1.807) is 25.3 Å². The van der Waals surface area contributed by atoms with Crippen LogP contribution >= 0.6 is 0 Å². The van der Waals surface area contributed by atoms with E-state index in [1.165, 1.54) is 5.56 Å². The standard InChI is InChI=1S/C17H20N2O2/c1-12-3-5-13(6-4-12)7-10-17(20)19-16-9-8-14(21-2)11-15(16)18/h3-6,8-9,11H,7,10,18H2,1-2H3,(H,19,20). The molecule has 0 aromatic heterocycles. The van der Waals surface area contributed by atoms with Crippen molar-refractivity contribution in [2.75, 3.05) is 18.2 Å². The third kappa shape index (κ3) is 4.24. The largest absolute Gasteiger partial charge is 0.497 e. The van der Waals surface area contributed by atoms with Crippen molar-refractivity contribution in [3.05, 3.63) is 53.6 Å². The number of nitrogens with one attached hydrogen (secondary N) is 1. The van der Waals surface area contributed by atoms with Crippen molar-refractivity contribution in [3.8, 4) is 5.75 Å². The van der Waals surface area contributed by atoms with Gasteiger partial charge < -0.3 is 15.8 Å². The van der Waals surface area contributed by atoms with Crippen molar-refractivity contribution in [3.63, 3.8) is 0 Å². The molecule has 0 atom stereocenters. The number of carbonyl (C=O) groups excluding carboxylic acids is 1. The SMILES string of the molecule is COc1ccc(NC(=O)CCc2ccc(C)cc2)c(N)c1. The van der Waals surface area contributed by atoms with Crippen LogP contribution in [0.2, 0.25) is 0 Å². The zero-order chi connectivity index (χ0) is 15.2. The van der Waals surface area contributed by atoms with Crippen molar-refractivity contribution in [2.24, 2.45) is 0 Å². The van der Waals surface area contributed by atoms with E-state index in [9.17, 15) is 4.79 Å². The van der Waals surface area contributed by atoms with Gasteiger partial charge in [0.2, 0.25) is 5.91 Å². The minimum absolute atomic E-state index is 0.0487. The molecule has 0 aliphatic rings. The maximum Gasteiger partial charge on any atom is 0.224 e. The van der Waals surface area contributed by atoms with Crippen LogP contribution in [0.15, 0.2) is 42.5 Å². The Hall–Kier alpha value is -2.49. The number of amides is 1. The number of ether oxygens (including phenoxy) is 1. The third-order valence-electron chi connectivity index (χ3n) is 3.29. The maximum atomic E-state index is 12.0. The second kappa shape index (κ2) is 6.79. The Morgan fingerprint density at radius 3 is 2.52 bits per heavy atom. The summed E-state index contributed by atoms with van der Waals surface area (Å²) in [6, 6.07) is 13.4. The summed E-state index contributed by atoms with van der Waals surface area (Å²) in [5.74, 6) is 0.623. The van der Waals surface area contributed by atoms with E-state index in [0.717, 1.165) is 5.56 Å². The summed E-state index contributed by atoms with van der Waals surface area (Å²) < 4.78 is 5.08. The van der Waals surface area contributed by atoms with Gasteiger partial charge in [-0.25, -0.2) is 0 Å². The number of anilines is 2. The Morgan fingerprint density at radius 1 is 1.19 bits per heavy atom. The average molecular weight is 284 g/mol. The van der Waals surface area contributed by atoms with Gasteiger partial charge in [0.1, 0.15) is 5.75 Å². The zero-order valence-electron chi connectivity index (χ0n) is 12.3. The van der Waals surface area contributed by atoms with Gasteiger partial charge in [-0.15, -0.1) is 0 Å². The van der Waals surface area contributed by atoms with Gasteiger partial charge in [-0.2, -0.15) is 0 Å². The van der Waals surface area contributed by atoms with Crippen molar-refractivity contribution in [1.82, 2.24) is 0 Å². The van der Waals surface area contributed by atoms with Gasteiger partial charge in [0.05, 0.1) is 18.5 Å². The van der Waals surface area contributed by atoms with Crippen LogP contribution in [0.25, 0.3) is 0 Å². The average Bonchev–Trinajstić information content (AvgIpc) is 2.48. The molecule has 0 unspecified atom stereocenters. The summed E-state index contributed by atoms with van der Waals surface area (Å²) in [4.78, 5) is 12.0. The van der Waals surface area contributed by atoms with E-state index in [1.807, 2.05) is 19.1 Å². The molecule has 0 aliphatic carbocycles. The summed E-state index contributed by atoms with van der Waals surface area (Å²) in [6.07, 6.45) is 1.14. The highest BCUT2D eigenvalue weighted by molar-refractivity contribution is 5.94. The molecule has 4 heteroatoms. The van der Waals surface area contributed by atoms with Crippen LogP contribution in [-0.2, 0) is 11.2 Å². The third-order valence-corrected chi connectivity index (χ3v) is 3.29. The first-order chi connectivity index (χ1) is 10.1. The summed E-state index contributed by atoms with van der Waals surface area (Å²) in [7, 11) is 1.58. The number of rotatable bonds is 5. The molecule has 0 saturated heterocycles. The summed E-state index contributed by atoms with van der Waals surface area (Å²) >= 11 is 0. The number of nitrogen functional groups attached to an aromatic ring is 1. The van der Waals surface area contributed by atoms with E-state index in [0.29, 0.717) is 30.0 Å². The van der Waals surface area contributed by atoms with Crippen molar-refractivity contribution < 1.29 is 9.53 Å². The summed E-state index contributed by atoms with van der Waals surface area (Å²) in [5, 5.41) is 2.82. The lowest BCUT2D eigenvalue weighted by atomic mass is 10.1. The zero-order valence-corrected chi connectivity index (χ0v) is 12.3. The molecule has 0 bridgehead atoms. The number of benzene rings is 2. The molecule has 0 fully saturated rings. The molecule has 2 rings (SSSR count). The van der Waals surface area contributed by atoms with Crippen LogP contribution < -0.4 is 15.8 Å². The topological polar surface area (TPSA) is 64.3 Å². The Morgan fingerprint density at radius 2 is 1.90 bits per heavy atom. The molecular formula is C17H20N2O2. The van der Waals surface area contributed by atoms with Crippen LogP contribution in [0.1, 0.15) is 17.5 Å². The highest BCUT2D eigenvalue weighted by atomic mass is 16.5. The van der Waals surface area contributed by atoms with E-state index >= 15 is 0 Å². The van der Waals surface area contributed by atoms with Crippen LogP contribution in [0.3, 0.4) is 0 Å². The number of aryl methyl sites for hydroxylation is 2. The van der Waals surface area contributed by atoms with Gasteiger partial charge in [-0.3, -0.25) is 4.79 Å². The molecular weight excluding hydrogens is 264 g/mol. The second-order valence-electron chi connectivity index (χ2n) is 4.99. The number of methoxy groups -OCH3 is 1. The summed E-state index contributed by atoms with van der Waals surface area (Å²) in [6.45, 7) is 2.04. The van der Waals surface area contributed by atoms with Crippen molar-refractivity contribution in [1.29, 1.82) is 0 Å². The first-order valence-corrected chi connectivity index (χ1v) is 6.87. The molecule has 0 spiro atoms. The minimum atomic E-state index is -0.0487. The van der Waals surface area contributed by atoms with E-state index < -0.39 is 0 Å². The van der Waals surface area contributed by atoms with Crippen LogP contribution in [0, 0.1) is 6.92 Å². The number of hydrogen-bond acceptors (Lipinski definition) is 3. The van der Waals surface area contributed by atoms with Crippen LogP contribution in [0.5, 0.6) is 5.75 Å². The first-order valence-electron chi connectivity index (χ1n) is 6.87. The first kappa shape index (κ1) is 14.9. The van der Waals surface area contributed by atoms with Gasteiger partial charge in [-0.05, 0) is 31.0 Å². The predicted octanol–water partition coefficient (Wildman–Crippen LogP) is 3.16. The smallest absolute Gasteiger partial charge is 0.224 e. The van der Waals surface area contributed by atoms with E-state index in [-0.39, 0.29) is 5.91 Å². The van der Waals surface area contributed by atoms with Gasteiger partial charge in [0.25, 0.3) is 0 Å². The summed E-state index contributed by atoms with van der Waals surface area (Å²) in [5.41, 5.74) is 9.36. The van der Waals surface area contributed by atoms with Gasteiger partial charge in [0.15, 0.2) is 0 Å². The fourth-order valence-corrected chi connectivity index (χ4v) is 2.01. The number of hydrogen-bond donors (Lipinski definition) is 2.